The van der Waals surface area contributed by atoms with E-state index in [1.807, 2.05) is 30.3 Å². The average molecular weight is 380 g/mol. The molecule has 0 spiro atoms. The van der Waals surface area contributed by atoms with Gasteiger partial charge in [0.05, 0.1) is 0 Å². The quantitative estimate of drug-likeness (QED) is 0.679. The standard InChI is InChI=1S/C19H20N6O3/c20-16-10-13(6-7-22-16)18-23-19(28-24-18)15-11-21-8-9-25(15)17(26)12-27-14-4-2-1-3-5-14/h1-7,10,15,21H,8-9,11-12H2,(H2,20,22)/t15-/m1/s1. The summed E-state index contributed by atoms with van der Waals surface area (Å²) < 4.78 is 11.0. The van der Waals surface area contributed by atoms with Gasteiger partial charge in [-0.2, -0.15) is 4.98 Å². The number of nitrogens with one attached hydrogen (secondary N) is 1. The van der Waals surface area contributed by atoms with E-state index >= 15 is 0 Å². The normalized spacial score (nSPS) is 16.7. The van der Waals surface area contributed by atoms with Crippen LogP contribution in [0.2, 0.25) is 0 Å². The van der Waals surface area contributed by atoms with Gasteiger partial charge in [0.25, 0.3) is 11.8 Å². The Hall–Kier alpha value is -3.46. The van der Waals surface area contributed by atoms with Crippen molar-refractivity contribution in [2.24, 2.45) is 0 Å². The first-order valence-electron chi connectivity index (χ1n) is 8.94. The molecule has 3 heterocycles. The highest BCUT2D eigenvalue weighted by Gasteiger charge is 2.32. The Kier molecular flexibility index (Phi) is 5.16. The lowest BCUT2D eigenvalue weighted by atomic mass is 10.2. The predicted molar refractivity (Wildman–Crippen MR) is 101 cm³/mol. The van der Waals surface area contributed by atoms with Crippen LogP contribution in [0, 0.1) is 0 Å². The van der Waals surface area contributed by atoms with Crippen LogP contribution in [0.4, 0.5) is 5.82 Å². The number of nitrogen functional groups attached to an aromatic ring is 1. The van der Waals surface area contributed by atoms with Crippen molar-refractivity contribution >= 4 is 11.7 Å². The summed E-state index contributed by atoms with van der Waals surface area (Å²) in [6.45, 7) is 1.69. The number of hydrogen-bond acceptors (Lipinski definition) is 8. The van der Waals surface area contributed by atoms with E-state index in [2.05, 4.69) is 20.4 Å². The van der Waals surface area contributed by atoms with E-state index in [1.165, 1.54) is 0 Å². The molecule has 9 nitrogen and oxygen atoms in total. The number of pyridine rings is 1. The second-order valence-electron chi connectivity index (χ2n) is 6.33. The van der Waals surface area contributed by atoms with Gasteiger partial charge < -0.3 is 25.2 Å². The minimum Gasteiger partial charge on any atom is -0.484 e. The number of aromatic nitrogens is 3. The van der Waals surface area contributed by atoms with Crippen LogP contribution in [0.3, 0.4) is 0 Å². The van der Waals surface area contributed by atoms with Gasteiger partial charge in [0, 0.05) is 31.4 Å². The zero-order valence-electron chi connectivity index (χ0n) is 15.1. The molecule has 9 heteroatoms. The van der Waals surface area contributed by atoms with Crippen molar-refractivity contribution in [2.75, 3.05) is 32.0 Å². The van der Waals surface area contributed by atoms with Gasteiger partial charge in [0.1, 0.15) is 17.6 Å². The Labute approximate surface area is 161 Å². The number of anilines is 1. The molecule has 0 unspecified atom stereocenters. The first-order valence-corrected chi connectivity index (χ1v) is 8.94. The SMILES string of the molecule is Nc1cc(-c2noc([C@H]3CNCCN3C(=O)COc3ccccc3)n2)ccn1. The molecule has 1 aliphatic heterocycles. The molecule has 0 saturated carbocycles. The van der Waals surface area contributed by atoms with Crippen LogP contribution >= 0.6 is 0 Å². The number of carbonyl (C=O) groups excluding carboxylic acids is 1. The van der Waals surface area contributed by atoms with Crippen LogP contribution in [0.15, 0.2) is 53.2 Å². The molecule has 0 aliphatic carbocycles. The zero-order chi connectivity index (χ0) is 19.3. The number of nitrogens with two attached hydrogens (primary N) is 1. The van der Waals surface area contributed by atoms with E-state index in [4.69, 9.17) is 15.0 Å². The molecule has 144 valence electrons. The Morgan fingerprint density at radius 2 is 2.18 bits per heavy atom. The maximum absolute atomic E-state index is 12.7. The van der Waals surface area contributed by atoms with Crippen LogP contribution < -0.4 is 15.8 Å². The van der Waals surface area contributed by atoms with Gasteiger partial charge in [-0.15, -0.1) is 0 Å². The number of amides is 1. The third-order valence-electron chi connectivity index (χ3n) is 4.44. The second-order valence-corrected chi connectivity index (χ2v) is 6.33. The van der Waals surface area contributed by atoms with E-state index in [0.717, 1.165) is 0 Å². The second kappa shape index (κ2) is 8.05. The summed E-state index contributed by atoms with van der Waals surface area (Å²) in [5, 5.41) is 7.28. The van der Waals surface area contributed by atoms with E-state index in [-0.39, 0.29) is 18.6 Å². The van der Waals surface area contributed by atoms with E-state index in [1.54, 1.807) is 23.2 Å². The first-order chi connectivity index (χ1) is 13.7. The maximum atomic E-state index is 12.7. The zero-order valence-corrected chi connectivity index (χ0v) is 15.1. The van der Waals surface area contributed by atoms with Crippen molar-refractivity contribution in [3.63, 3.8) is 0 Å². The third-order valence-corrected chi connectivity index (χ3v) is 4.44. The van der Waals surface area contributed by atoms with Crippen LogP contribution in [-0.4, -0.2) is 52.2 Å². The van der Waals surface area contributed by atoms with Gasteiger partial charge in [-0.1, -0.05) is 23.4 Å². The number of ether oxygens (including phenoxy) is 1. The molecule has 1 aliphatic rings. The van der Waals surface area contributed by atoms with Crippen molar-refractivity contribution in [3.05, 3.63) is 54.6 Å². The number of carbonyl (C=O) groups is 1. The summed E-state index contributed by atoms with van der Waals surface area (Å²) in [6, 6.07) is 12.3. The van der Waals surface area contributed by atoms with Gasteiger partial charge in [0.2, 0.25) is 5.82 Å². The minimum absolute atomic E-state index is 0.0532. The van der Waals surface area contributed by atoms with Crippen LogP contribution in [0.5, 0.6) is 5.75 Å². The van der Waals surface area contributed by atoms with Crippen molar-refractivity contribution in [2.45, 2.75) is 6.04 Å². The monoisotopic (exact) mass is 380 g/mol. The van der Waals surface area contributed by atoms with Crippen molar-refractivity contribution < 1.29 is 14.1 Å². The van der Waals surface area contributed by atoms with Gasteiger partial charge in [0.15, 0.2) is 6.61 Å². The highest BCUT2D eigenvalue weighted by Crippen LogP contribution is 2.24. The molecular weight excluding hydrogens is 360 g/mol. The number of para-hydroxylation sites is 1. The molecular formula is C19H20N6O3. The maximum Gasteiger partial charge on any atom is 0.261 e. The topological polar surface area (TPSA) is 119 Å². The Balaban J connectivity index is 1.48. The third kappa shape index (κ3) is 3.94. The average Bonchev–Trinajstić information content (AvgIpc) is 3.23. The van der Waals surface area contributed by atoms with Gasteiger partial charge in [-0.3, -0.25) is 4.79 Å². The molecule has 1 atom stereocenters. The number of benzene rings is 1. The number of nitrogens with zero attached hydrogens (tertiary/aromatic N) is 4. The fourth-order valence-corrected chi connectivity index (χ4v) is 3.04. The Morgan fingerprint density at radius 3 is 3.00 bits per heavy atom. The summed E-state index contributed by atoms with van der Waals surface area (Å²) >= 11 is 0. The van der Waals surface area contributed by atoms with Crippen molar-refractivity contribution in [1.29, 1.82) is 0 Å². The van der Waals surface area contributed by atoms with Gasteiger partial charge in [-0.25, -0.2) is 4.98 Å². The summed E-state index contributed by atoms with van der Waals surface area (Å²) in [6.07, 6.45) is 1.58. The summed E-state index contributed by atoms with van der Waals surface area (Å²) in [4.78, 5) is 22.9. The first kappa shape index (κ1) is 17.9. The highest BCUT2D eigenvalue weighted by molar-refractivity contribution is 5.78. The number of hydrogen-bond donors (Lipinski definition) is 2. The predicted octanol–water partition coefficient (Wildman–Crippen LogP) is 1.27. The van der Waals surface area contributed by atoms with Crippen molar-refractivity contribution in [3.8, 4) is 17.1 Å². The molecule has 1 amide bonds. The lowest BCUT2D eigenvalue weighted by Gasteiger charge is -2.33. The molecule has 1 aromatic carbocycles. The fourth-order valence-electron chi connectivity index (χ4n) is 3.04. The number of rotatable bonds is 5. The minimum atomic E-state index is -0.360. The smallest absolute Gasteiger partial charge is 0.261 e. The summed E-state index contributed by atoms with van der Waals surface area (Å²) in [5.41, 5.74) is 6.42. The van der Waals surface area contributed by atoms with E-state index in [9.17, 15) is 4.79 Å². The van der Waals surface area contributed by atoms with Crippen molar-refractivity contribution in [1.82, 2.24) is 25.3 Å². The van der Waals surface area contributed by atoms with E-state index in [0.29, 0.717) is 48.5 Å². The Morgan fingerprint density at radius 1 is 1.32 bits per heavy atom. The molecule has 3 aromatic rings. The van der Waals surface area contributed by atoms with Gasteiger partial charge in [-0.05, 0) is 24.3 Å². The molecule has 3 N–H and O–H groups in total. The van der Waals surface area contributed by atoms with Crippen LogP contribution in [0.25, 0.3) is 11.4 Å². The number of piperazine rings is 1. The van der Waals surface area contributed by atoms with Crippen LogP contribution in [0.1, 0.15) is 11.9 Å². The lowest BCUT2D eigenvalue weighted by molar-refractivity contribution is -0.137. The summed E-state index contributed by atoms with van der Waals surface area (Å²) in [7, 11) is 0. The largest absolute Gasteiger partial charge is 0.484 e. The molecule has 0 bridgehead atoms. The Bertz CT molecular complexity index is 946. The van der Waals surface area contributed by atoms with E-state index < -0.39 is 0 Å². The van der Waals surface area contributed by atoms with Crippen LogP contribution in [-0.2, 0) is 4.79 Å². The molecule has 1 saturated heterocycles. The fraction of sp³-hybridized carbons (Fsp3) is 0.263. The molecule has 0 radical (unpaired) electrons. The lowest BCUT2D eigenvalue weighted by Crippen LogP contribution is -2.50. The molecule has 2 aromatic heterocycles. The molecule has 28 heavy (non-hydrogen) atoms. The molecule has 4 rings (SSSR count). The summed E-state index contributed by atoms with van der Waals surface area (Å²) in [5.74, 6) is 1.66. The van der Waals surface area contributed by atoms with Gasteiger partial charge >= 0.3 is 0 Å². The highest BCUT2D eigenvalue weighted by atomic mass is 16.5. The molecule has 1 fully saturated rings.